The molecule has 0 saturated carbocycles. The molecule has 1 aliphatic rings. The van der Waals surface area contributed by atoms with E-state index in [9.17, 15) is 4.79 Å². The van der Waals surface area contributed by atoms with Gasteiger partial charge >= 0.3 is 0 Å². The Balaban J connectivity index is 1.36. The first-order valence-electron chi connectivity index (χ1n) is 11.0. The van der Waals surface area contributed by atoms with Gasteiger partial charge in [-0.3, -0.25) is 4.79 Å². The molecule has 1 aromatic heterocycles. The summed E-state index contributed by atoms with van der Waals surface area (Å²) in [4.78, 5) is 26.0. The van der Waals surface area contributed by atoms with Crippen LogP contribution in [0.5, 0.6) is 11.5 Å². The summed E-state index contributed by atoms with van der Waals surface area (Å²) in [7, 11) is 0. The highest BCUT2D eigenvalue weighted by molar-refractivity contribution is 5.81. The smallest absolute Gasteiger partial charge is 0.263 e. The Morgan fingerprint density at radius 3 is 2.38 bits per heavy atom. The van der Waals surface area contributed by atoms with Gasteiger partial charge in [0.1, 0.15) is 11.5 Å². The fourth-order valence-corrected chi connectivity index (χ4v) is 3.69. The molecule has 1 fully saturated rings. The molecule has 2 aromatic carbocycles. The molecule has 1 aliphatic heterocycles. The predicted octanol–water partition coefficient (Wildman–Crippen LogP) is 3.66. The number of carbonyl (C=O) groups excluding carboxylic acids is 1. The molecular formula is C25H28N4O3. The zero-order chi connectivity index (χ0) is 22.3. The number of hydrogen-bond acceptors (Lipinski definition) is 6. The summed E-state index contributed by atoms with van der Waals surface area (Å²) >= 11 is 0. The van der Waals surface area contributed by atoms with E-state index in [1.54, 1.807) is 13.1 Å². The fraction of sp³-hybridized carbons (Fsp3) is 0.320. The van der Waals surface area contributed by atoms with E-state index in [0.29, 0.717) is 44.5 Å². The number of aromatic nitrogens is 2. The maximum absolute atomic E-state index is 12.8. The van der Waals surface area contributed by atoms with Crippen LogP contribution in [0.25, 0.3) is 11.3 Å². The summed E-state index contributed by atoms with van der Waals surface area (Å²) in [5.41, 5.74) is 1.87. The van der Waals surface area contributed by atoms with Crippen LogP contribution >= 0.6 is 0 Å². The summed E-state index contributed by atoms with van der Waals surface area (Å²) < 4.78 is 11.3. The normalized spacial score (nSPS) is 14.7. The average Bonchev–Trinajstić information content (AvgIpc) is 2.85. The lowest BCUT2D eigenvalue weighted by Gasteiger charge is -2.35. The van der Waals surface area contributed by atoms with E-state index >= 15 is 0 Å². The van der Waals surface area contributed by atoms with Crippen LogP contribution < -0.4 is 14.4 Å². The van der Waals surface area contributed by atoms with Gasteiger partial charge in [0, 0.05) is 37.9 Å². The van der Waals surface area contributed by atoms with Gasteiger partial charge < -0.3 is 19.3 Å². The lowest BCUT2D eigenvalue weighted by molar-refractivity contribution is -0.138. The van der Waals surface area contributed by atoms with Crippen LogP contribution in [0.4, 0.5) is 5.95 Å². The Labute approximate surface area is 188 Å². The van der Waals surface area contributed by atoms with Crippen LogP contribution in [0.1, 0.15) is 13.8 Å². The Morgan fingerprint density at radius 2 is 1.69 bits per heavy atom. The Hall–Kier alpha value is -3.61. The Morgan fingerprint density at radius 1 is 0.969 bits per heavy atom. The van der Waals surface area contributed by atoms with E-state index in [2.05, 4.69) is 9.88 Å². The van der Waals surface area contributed by atoms with E-state index in [1.807, 2.05) is 72.5 Å². The molecule has 0 unspecified atom stereocenters. The molecule has 0 N–H and O–H groups in total. The number of rotatable bonds is 7. The van der Waals surface area contributed by atoms with Crippen molar-refractivity contribution in [2.24, 2.45) is 0 Å². The maximum atomic E-state index is 12.8. The quantitative estimate of drug-likeness (QED) is 0.568. The second kappa shape index (κ2) is 10.1. The first kappa shape index (κ1) is 21.6. The fourth-order valence-electron chi connectivity index (χ4n) is 3.69. The van der Waals surface area contributed by atoms with E-state index in [0.717, 1.165) is 17.0 Å². The third kappa shape index (κ3) is 5.17. The van der Waals surface area contributed by atoms with Gasteiger partial charge in [-0.1, -0.05) is 18.2 Å². The number of para-hydroxylation sites is 1. The molecule has 32 heavy (non-hydrogen) atoms. The van der Waals surface area contributed by atoms with Crippen molar-refractivity contribution in [2.75, 3.05) is 37.7 Å². The van der Waals surface area contributed by atoms with Crippen LogP contribution in [-0.4, -0.2) is 59.7 Å². The van der Waals surface area contributed by atoms with E-state index in [-0.39, 0.29) is 5.91 Å². The lowest BCUT2D eigenvalue weighted by Crippen LogP contribution is -2.52. The minimum Gasteiger partial charge on any atom is -0.494 e. The highest BCUT2D eigenvalue weighted by Gasteiger charge is 2.27. The molecule has 3 aromatic rings. The van der Waals surface area contributed by atoms with Gasteiger partial charge in [0.2, 0.25) is 5.95 Å². The molecule has 0 aliphatic carbocycles. The minimum absolute atomic E-state index is 0.00226. The third-order valence-corrected chi connectivity index (χ3v) is 5.38. The number of amides is 1. The highest BCUT2D eigenvalue weighted by Crippen LogP contribution is 2.23. The van der Waals surface area contributed by atoms with Crippen molar-refractivity contribution in [1.29, 1.82) is 0 Å². The van der Waals surface area contributed by atoms with Crippen molar-refractivity contribution >= 4 is 11.9 Å². The van der Waals surface area contributed by atoms with Crippen molar-refractivity contribution in [3.63, 3.8) is 0 Å². The Bertz CT molecular complexity index is 1020. The molecule has 0 bridgehead atoms. The van der Waals surface area contributed by atoms with E-state index < -0.39 is 6.10 Å². The molecule has 7 heteroatoms. The summed E-state index contributed by atoms with van der Waals surface area (Å²) in [5, 5.41) is 0. The van der Waals surface area contributed by atoms with E-state index in [4.69, 9.17) is 14.5 Å². The maximum Gasteiger partial charge on any atom is 0.263 e. The number of carbonyl (C=O) groups is 1. The van der Waals surface area contributed by atoms with Crippen LogP contribution in [-0.2, 0) is 4.79 Å². The third-order valence-electron chi connectivity index (χ3n) is 5.38. The summed E-state index contributed by atoms with van der Waals surface area (Å²) in [5.74, 6) is 2.22. The molecule has 7 nitrogen and oxygen atoms in total. The summed E-state index contributed by atoms with van der Waals surface area (Å²) in [6.07, 6.45) is 1.25. The van der Waals surface area contributed by atoms with Gasteiger partial charge in [0.25, 0.3) is 5.91 Å². The largest absolute Gasteiger partial charge is 0.494 e. The predicted molar refractivity (Wildman–Crippen MR) is 124 cm³/mol. The zero-order valence-electron chi connectivity index (χ0n) is 18.5. The molecular weight excluding hydrogens is 404 g/mol. The van der Waals surface area contributed by atoms with Gasteiger partial charge in [-0.2, -0.15) is 0 Å². The first-order chi connectivity index (χ1) is 15.6. The van der Waals surface area contributed by atoms with Crippen LogP contribution in [0, 0.1) is 0 Å². The molecule has 0 radical (unpaired) electrons. The topological polar surface area (TPSA) is 67.8 Å². The van der Waals surface area contributed by atoms with Gasteiger partial charge in [0.15, 0.2) is 6.10 Å². The summed E-state index contributed by atoms with van der Waals surface area (Å²) in [6.45, 7) is 6.98. The molecule has 4 rings (SSSR count). The van der Waals surface area contributed by atoms with Crippen LogP contribution in [0.3, 0.4) is 0 Å². The highest BCUT2D eigenvalue weighted by atomic mass is 16.5. The van der Waals surface area contributed by atoms with Crippen molar-refractivity contribution in [1.82, 2.24) is 14.9 Å². The van der Waals surface area contributed by atoms with Gasteiger partial charge in [0.05, 0.1) is 12.3 Å². The second-order valence-corrected chi connectivity index (χ2v) is 7.58. The molecule has 1 saturated heterocycles. The molecule has 2 heterocycles. The van der Waals surface area contributed by atoms with Crippen LogP contribution in [0.15, 0.2) is 66.9 Å². The number of anilines is 1. The molecule has 1 amide bonds. The average molecular weight is 433 g/mol. The molecule has 1 atom stereocenters. The monoisotopic (exact) mass is 432 g/mol. The lowest BCUT2D eigenvalue weighted by atomic mass is 10.1. The molecule has 166 valence electrons. The molecule has 0 spiro atoms. The van der Waals surface area contributed by atoms with Crippen molar-refractivity contribution < 1.29 is 14.3 Å². The van der Waals surface area contributed by atoms with Gasteiger partial charge in [-0.15, -0.1) is 0 Å². The van der Waals surface area contributed by atoms with E-state index in [1.165, 1.54) is 0 Å². The van der Waals surface area contributed by atoms with Crippen molar-refractivity contribution in [2.45, 2.75) is 20.0 Å². The standard InChI is InChI=1S/C25H28N4O3/c1-3-31-21-11-9-20(10-12-21)23-13-14-26-25(27-23)29-17-15-28(16-18-29)24(30)19(2)32-22-7-5-4-6-8-22/h4-14,19H,3,15-18H2,1-2H3/t19-/m0/s1. The minimum atomic E-state index is -0.525. The number of piperazine rings is 1. The van der Waals surface area contributed by atoms with Crippen LogP contribution in [0.2, 0.25) is 0 Å². The number of ether oxygens (including phenoxy) is 2. The van der Waals surface area contributed by atoms with Crippen molar-refractivity contribution in [3.05, 3.63) is 66.9 Å². The first-order valence-corrected chi connectivity index (χ1v) is 11.0. The van der Waals surface area contributed by atoms with Crippen molar-refractivity contribution in [3.8, 4) is 22.8 Å². The summed E-state index contributed by atoms with van der Waals surface area (Å²) in [6, 6.07) is 19.2. The number of nitrogens with zero attached hydrogens (tertiary/aromatic N) is 4. The van der Waals surface area contributed by atoms with Gasteiger partial charge in [-0.25, -0.2) is 9.97 Å². The number of hydrogen-bond donors (Lipinski definition) is 0. The van der Waals surface area contributed by atoms with Gasteiger partial charge in [-0.05, 0) is 56.3 Å². The zero-order valence-corrected chi connectivity index (χ0v) is 18.5. The second-order valence-electron chi connectivity index (χ2n) is 7.58. The SMILES string of the molecule is CCOc1ccc(-c2ccnc(N3CCN(C(=O)[C@H](C)Oc4ccccc4)CC3)n2)cc1. The number of benzene rings is 2. The Kier molecular flexibility index (Phi) is 6.84.